The molecule has 2 rings (SSSR count). The largest absolute Gasteiger partial charge is 0.497 e. The van der Waals surface area contributed by atoms with Gasteiger partial charge >= 0.3 is 11.8 Å². The molecule has 1 unspecified atom stereocenters. The number of rotatable bonds is 6. The molecule has 0 amide bonds. The van der Waals surface area contributed by atoms with E-state index >= 15 is 0 Å². The van der Waals surface area contributed by atoms with Crippen LogP contribution in [0.15, 0.2) is 36.8 Å². The molecule has 8 nitrogen and oxygen atoms in total. The first kappa shape index (κ1) is 18.1. The van der Waals surface area contributed by atoms with E-state index in [0.717, 1.165) is 0 Å². The summed E-state index contributed by atoms with van der Waals surface area (Å²) < 4.78 is 11.5. The van der Waals surface area contributed by atoms with Crippen LogP contribution in [0.3, 0.4) is 0 Å². The van der Waals surface area contributed by atoms with Gasteiger partial charge in [0.2, 0.25) is 6.33 Å². The second-order valence-corrected chi connectivity index (χ2v) is 4.36. The van der Waals surface area contributed by atoms with Crippen molar-refractivity contribution in [2.45, 2.75) is 20.4 Å². The first-order valence-corrected chi connectivity index (χ1v) is 6.55. The minimum absolute atomic E-state index is 0. The summed E-state index contributed by atoms with van der Waals surface area (Å²) in [7, 11) is 1.54. The Morgan fingerprint density at radius 2 is 2.04 bits per heavy atom. The van der Waals surface area contributed by atoms with E-state index in [0.29, 0.717) is 11.3 Å². The molecule has 0 saturated carbocycles. The van der Waals surface area contributed by atoms with Crippen LogP contribution in [0.1, 0.15) is 26.0 Å². The average Bonchev–Trinajstić information content (AvgIpc) is 2.98. The highest BCUT2D eigenvalue weighted by atomic mass is 16.6. The normalized spacial score (nSPS) is 11.2. The molecule has 2 aromatic rings. The fourth-order valence-corrected chi connectivity index (χ4v) is 2.00. The van der Waals surface area contributed by atoms with Crippen LogP contribution in [0.4, 0.5) is 5.82 Å². The van der Waals surface area contributed by atoms with Gasteiger partial charge in [0.1, 0.15) is 11.9 Å². The smallest absolute Gasteiger partial charge is 0.381 e. The lowest BCUT2D eigenvalue weighted by molar-refractivity contribution is -0.389. The van der Waals surface area contributed by atoms with Gasteiger partial charge in [-0.2, -0.15) is 0 Å². The number of aromatic nitrogens is 2. The number of carbonyl (C=O) groups is 1. The molecule has 0 bridgehead atoms. The highest BCUT2D eigenvalue weighted by Gasteiger charge is 2.26. The van der Waals surface area contributed by atoms with Crippen molar-refractivity contribution < 1.29 is 19.2 Å². The summed E-state index contributed by atoms with van der Waals surface area (Å²) in [5, 5.41) is 10.7. The van der Waals surface area contributed by atoms with Crippen molar-refractivity contribution in [1.82, 2.24) is 9.55 Å². The molecule has 23 heavy (non-hydrogen) atoms. The van der Waals surface area contributed by atoms with Crippen LogP contribution in [0.2, 0.25) is 0 Å². The SMILES string of the molecule is C.CCOC(=O)C(c1ccc(OC)cc1)n1cnc([N+](=O)[O-])c1. The fraction of sp³-hybridized carbons (Fsp3) is 0.333. The second kappa shape index (κ2) is 7.92. The molecular formula is C15H19N3O5. The van der Waals surface area contributed by atoms with E-state index in [4.69, 9.17) is 9.47 Å². The van der Waals surface area contributed by atoms with Gasteiger partial charge in [0.15, 0.2) is 6.04 Å². The summed E-state index contributed by atoms with van der Waals surface area (Å²) in [6, 6.07) is 5.96. The molecule has 1 aromatic heterocycles. The number of hydrogen-bond acceptors (Lipinski definition) is 6. The third-order valence-corrected chi connectivity index (χ3v) is 3.01. The minimum atomic E-state index is -0.841. The minimum Gasteiger partial charge on any atom is -0.497 e. The van der Waals surface area contributed by atoms with Gasteiger partial charge in [-0.3, -0.25) is 4.57 Å². The average molecular weight is 321 g/mol. The van der Waals surface area contributed by atoms with Crippen LogP contribution in [0.5, 0.6) is 5.75 Å². The highest BCUT2D eigenvalue weighted by Crippen LogP contribution is 2.24. The first-order valence-electron chi connectivity index (χ1n) is 6.55. The van der Waals surface area contributed by atoms with E-state index in [2.05, 4.69) is 4.98 Å². The summed E-state index contributed by atoms with van der Waals surface area (Å²) in [4.78, 5) is 26.0. The van der Waals surface area contributed by atoms with E-state index in [1.54, 1.807) is 31.2 Å². The van der Waals surface area contributed by atoms with Gasteiger partial charge in [-0.15, -0.1) is 0 Å². The third-order valence-electron chi connectivity index (χ3n) is 3.01. The van der Waals surface area contributed by atoms with Gasteiger partial charge in [0.05, 0.1) is 13.7 Å². The van der Waals surface area contributed by atoms with Crippen molar-refractivity contribution in [3.63, 3.8) is 0 Å². The van der Waals surface area contributed by atoms with Crippen molar-refractivity contribution >= 4 is 11.8 Å². The van der Waals surface area contributed by atoms with Crippen molar-refractivity contribution in [1.29, 1.82) is 0 Å². The predicted molar refractivity (Wildman–Crippen MR) is 83.4 cm³/mol. The second-order valence-electron chi connectivity index (χ2n) is 4.36. The Kier molecular flexibility index (Phi) is 6.25. The van der Waals surface area contributed by atoms with Gasteiger partial charge in [-0.1, -0.05) is 19.6 Å². The lowest BCUT2D eigenvalue weighted by Crippen LogP contribution is -2.22. The number of esters is 1. The quantitative estimate of drug-likeness (QED) is 0.461. The maximum atomic E-state index is 12.2. The standard InChI is InChI=1S/C14H15N3O5.CH4/c1-3-22-14(18)13(10-4-6-11(21-2)7-5-10)16-8-12(15-9-16)17(19)20;/h4-9,13H,3H2,1-2H3;1H4. The van der Waals surface area contributed by atoms with E-state index in [1.807, 2.05) is 0 Å². The summed E-state index contributed by atoms with van der Waals surface area (Å²) in [6.45, 7) is 1.90. The van der Waals surface area contributed by atoms with Crippen molar-refractivity contribution in [3.8, 4) is 5.75 Å². The van der Waals surface area contributed by atoms with Gasteiger partial charge in [0.25, 0.3) is 0 Å². The Balaban J connectivity index is 0.00000264. The molecule has 0 aliphatic heterocycles. The summed E-state index contributed by atoms with van der Waals surface area (Å²) in [5.74, 6) is -0.203. The van der Waals surface area contributed by atoms with Crippen LogP contribution in [0, 0.1) is 10.1 Å². The van der Waals surface area contributed by atoms with Crippen LogP contribution in [0.25, 0.3) is 0 Å². The molecular weight excluding hydrogens is 302 g/mol. The molecule has 0 fully saturated rings. The molecule has 0 saturated heterocycles. The van der Waals surface area contributed by atoms with Crippen molar-refractivity contribution in [2.24, 2.45) is 0 Å². The van der Waals surface area contributed by atoms with Gasteiger partial charge in [-0.05, 0) is 34.5 Å². The number of ether oxygens (including phenoxy) is 2. The maximum absolute atomic E-state index is 12.2. The third kappa shape index (κ3) is 4.06. The van der Waals surface area contributed by atoms with Crippen molar-refractivity contribution in [3.05, 3.63) is 52.5 Å². The Morgan fingerprint density at radius 1 is 1.39 bits per heavy atom. The van der Waals surface area contributed by atoms with E-state index in [-0.39, 0.29) is 19.9 Å². The number of benzene rings is 1. The summed E-state index contributed by atoms with van der Waals surface area (Å²) in [6.07, 6.45) is 2.44. The molecule has 0 aliphatic rings. The van der Waals surface area contributed by atoms with Crippen LogP contribution < -0.4 is 4.74 Å². The van der Waals surface area contributed by atoms with E-state index in [9.17, 15) is 14.9 Å². The Bertz CT molecular complexity index is 666. The zero-order chi connectivity index (χ0) is 16.1. The lowest BCUT2D eigenvalue weighted by Gasteiger charge is -2.16. The maximum Gasteiger partial charge on any atom is 0.381 e. The molecule has 124 valence electrons. The number of methoxy groups -OCH3 is 1. The topological polar surface area (TPSA) is 96.5 Å². The Labute approximate surface area is 133 Å². The van der Waals surface area contributed by atoms with E-state index < -0.39 is 16.9 Å². The molecule has 0 N–H and O–H groups in total. The van der Waals surface area contributed by atoms with Crippen LogP contribution in [-0.4, -0.2) is 34.2 Å². The number of nitro groups is 1. The summed E-state index contributed by atoms with van der Waals surface area (Å²) >= 11 is 0. The number of hydrogen-bond donors (Lipinski definition) is 0. The molecule has 8 heteroatoms. The summed E-state index contributed by atoms with van der Waals surface area (Å²) in [5.41, 5.74) is 0.617. The van der Waals surface area contributed by atoms with Gasteiger partial charge in [-0.25, -0.2) is 4.79 Å². The van der Waals surface area contributed by atoms with Crippen LogP contribution in [-0.2, 0) is 9.53 Å². The molecule has 0 spiro atoms. The lowest BCUT2D eigenvalue weighted by atomic mass is 10.1. The van der Waals surface area contributed by atoms with Crippen molar-refractivity contribution in [2.75, 3.05) is 13.7 Å². The first-order chi connectivity index (χ1) is 10.6. The van der Waals surface area contributed by atoms with Gasteiger partial charge < -0.3 is 19.6 Å². The molecule has 0 radical (unpaired) electrons. The zero-order valence-electron chi connectivity index (χ0n) is 12.1. The van der Waals surface area contributed by atoms with E-state index in [1.165, 1.54) is 24.2 Å². The Morgan fingerprint density at radius 3 is 2.52 bits per heavy atom. The zero-order valence-corrected chi connectivity index (χ0v) is 12.1. The van der Waals surface area contributed by atoms with Gasteiger partial charge in [0, 0.05) is 0 Å². The number of carbonyl (C=O) groups excluding carboxylic acids is 1. The Hall–Kier alpha value is -2.90. The molecule has 1 heterocycles. The fourth-order valence-electron chi connectivity index (χ4n) is 2.00. The number of imidazole rings is 1. The molecule has 1 aromatic carbocycles. The molecule has 1 atom stereocenters. The molecule has 0 aliphatic carbocycles. The van der Waals surface area contributed by atoms with Crippen LogP contribution >= 0.6 is 0 Å². The monoisotopic (exact) mass is 321 g/mol. The highest BCUT2D eigenvalue weighted by molar-refractivity contribution is 5.78. The number of nitrogens with zero attached hydrogens (tertiary/aromatic N) is 3. The predicted octanol–water partition coefficient (Wildman–Crippen LogP) is 2.59.